The first-order valence-corrected chi connectivity index (χ1v) is 9.75. The number of ketones is 1. The van der Waals surface area contributed by atoms with Gasteiger partial charge in [0.15, 0.2) is 6.10 Å². The van der Waals surface area contributed by atoms with E-state index in [2.05, 4.69) is 0 Å². The van der Waals surface area contributed by atoms with Crippen LogP contribution in [0.3, 0.4) is 0 Å². The van der Waals surface area contributed by atoms with Crippen molar-refractivity contribution in [3.8, 4) is 0 Å². The van der Waals surface area contributed by atoms with Crippen LogP contribution >= 0.6 is 0 Å². The van der Waals surface area contributed by atoms with Gasteiger partial charge < -0.3 is 9.15 Å². The third kappa shape index (κ3) is 3.47. The second kappa shape index (κ2) is 7.27. The molecule has 1 aliphatic rings. The molecular weight excluding hydrogens is 352 g/mol. The van der Waals surface area contributed by atoms with Crippen molar-refractivity contribution < 1.29 is 18.7 Å². The number of ether oxygens (including phenoxy) is 1. The minimum Gasteiger partial charge on any atom is -0.464 e. The standard InChI is InChI=1S/C24H24O4/c1-14-9-21-20(13-27-22(21)10-15(14)2)12-23(25)28-16(3)24(26)19-8-7-17-5-4-6-18(17)11-19/h7-11,13,16H,4-6,12H2,1-3H3/t16-/m0/s1. The van der Waals surface area contributed by atoms with E-state index in [9.17, 15) is 9.59 Å². The van der Waals surface area contributed by atoms with Crippen molar-refractivity contribution in [1.82, 2.24) is 0 Å². The lowest BCUT2D eigenvalue weighted by molar-refractivity contribution is -0.145. The maximum atomic E-state index is 12.7. The zero-order valence-corrected chi connectivity index (χ0v) is 16.5. The molecule has 0 saturated heterocycles. The van der Waals surface area contributed by atoms with Crippen molar-refractivity contribution in [2.45, 2.75) is 52.6 Å². The van der Waals surface area contributed by atoms with E-state index in [-0.39, 0.29) is 12.2 Å². The minimum atomic E-state index is -0.811. The monoisotopic (exact) mass is 376 g/mol. The van der Waals surface area contributed by atoms with Gasteiger partial charge in [-0.15, -0.1) is 0 Å². The van der Waals surface area contributed by atoms with Crippen molar-refractivity contribution in [2.24, 2.45) is 0 Å². The quantitative estimate of drug-likeness (QED) is 0.470. The second-order valence-electron chi connectivity index (χ2n) is 7.70. The van der Waals surface area contributed by atoms with Crippen LogP contribution in [0.1, 0.15) is 51.5 Å². The fraction of sp³-hybridized carbons (Fsp3) is 0.333. The van der Waals surface area contributed by atoms with Crippen molar-refractivity contribution in [3.63, 3.8) is 0 Å². The van der Waals surface area contributed by atoms with Gasteiger partial charge in [-0.1, -0.05) is 12.1 Å². The fourth-order valence-corrected chi connectivity index (χ4v) is 3.88. The van der Waals surface area contributed by atoms with E-state index in [0.29, 0.717) is 5.56 Å². The van der Waals surface area contributed by atoms with Crippen LogP contribution in [-0.2, 0) is 28.8 Å². The summed E-state index contributed by atoms with van der Waals surface area (Å²) in [4.78, 5) is 25.1. The smallest absolute Gasteiger partial charge is 0.311 e. The molecule has 3 aromatic rings. The van der Waals surface area contributed by atoms with E-state index in [0.717, 1.165) is 46.9 Å². The van der Waals surface area contributed by atoms with Gasteiger partial charge in [0.05, 0.1) is 12.7 Å². The number of carbonyl (C=O) groups excluding carboxylic acids is 2. The van der Waals surface area contributed by atoms with Gasteiger partial charge >= 0.3 is 5.97 Å². The van der Waals surface area contributed by atoms with Crippen LogP contribution in [0.4, 0.5) is 0 Å². The molecule has 0 radical (unpaired) electrons. The highest BCUT2D eigenvalue weighted by molar-refractivity contribution is 6.00. The Balaban J connectivity index is 1.45. The summed E-state index contributed by atoms with van der Waals surface area (Å²) in [5, 5.41) is 0.914. The predicted octanol–water partition coefficient (Wildman–Crippen LogP) is 4.90. The molecule has 1 heterocycles. The molecule has 1 atom stereocenters. The summed E-state index contributed by atoms with van der Waals surface area (Å²) in [5.74, 6) is -0.588. The molecule has 0 fully saturated rings. The molecule has 0 amide bonds. The zero-order chi connectivity index (χ0) is 19.8. The maximum Gasteiger partial charge on any atom is 0.311 e. The Hall–Kier alpha value is -2.88. The van der Waals surface area contributed by atoms with E-state index in [1.165, 1.54) is 11.1 Å². The lowest BCUT2D eigenvalue weighted by Crippen LogP contribution is -2.25. The third-order valence-corrected chi connectivity index (χ3v) is 5.67. The number of rotatable bonds is 5. The summed E-state index contributed by atoms with van der Waals surface area (Å²) in [6, 6.07) is 9.80. The lowest BCUT2D eigenvalue weighted by Gasteiger charge is -2.13. The Labute approximate surface area is 164 Å². The van der Waals surface area contributed by atoms with Gasteiger partial charge in [-0.3, -0.25) is 9.59 Å². The number of furan rings is 1. The summed E-state index contributed by atoms with van der Waals surface area (Å²) in [6.45, 7) is 5.69. The summed E-state index contributed by atoms with van der Waals surface area (Å²) in [6.07, 6.45) is 4.09. The van der Waals surface area contributed by atoms with E-state index in [1.54, 1.807) is 13.2 Å². The molecule has 4 rings (SSSR count). The normalized spacial score (nSPS) is 14.1. The van der Waals surface area contributed by atoms with Crippen LogP contribution in [0.2, 0.25) is 0 Å². The molecule has 0 aliphatic heterocycles. The number of esters is 1. The predicted molar refractivity (Wildman–Crippen MR) is 108 cm³/mol. The largest absolute Gasteiger partial charge is 0.464 e. The van der Waals surface area contributed by atoms with Crippen molar-refractivity contribution >= 4 is 22.7 Å². The average Bonchev–Trinajstić information content (AvgIpc) is 3.28. The molecule has 4 nitrogen and oxygen atoms in total. The number of fused-ring (bicyclic) bond motifs is 2. The Kier molecular flexibility index (Phi) is 4.80. The Bertz CT molecular complexity index is 1070. The molecule has 0 unspecified atom stereocenters. The molecule has 0 saturated carbocycles. The Morgan fingerprint density at radius 3 is 2.64 bits per heavy atom. The average molecular weight is 376 g/mol. The summed E-state index contributed by atoms with van der Waals surface area (Å²) in [7, 11) is 0. The topological polar surface area (TPSA) is 56.5 Å². The first-order chi connectivity index (χ1) is 13.4. The molecule has 1 aromatic heterocycles. The number of hydrogen-bond acceptors (Lipinski definition) is 4. The lowest BCUT2D eigenvalue weighted by atomic mass is 10.0. The van der Waals surface area contributed by atoms with Crippen LogP contribution in [0.25, 0.3) is 11.0 Å². The molecule has 0 N–H and O–H groups in total. The van der Waals surface area contributed by atoms with Crippen molar-refractivity contribution in [1.29, 1.82) is 0 Å². The number of Topliss-reactive ketones (excluding diaryl/α,β-unsaturated/α-hetero) is 1. The van der Waals surface area contributed by atoms with E-state index in [1.807, 2.05) is 44.2 Å². The van der Waals surface area contributed by atoms with Crippen LogP contribution in [0.15, 0.2) is 41.0 Å². The second-order valence-corrected chi connectivity index (χ2v) is 7.70. The van der Waals surface area contributed by atoms with Gasteiger partial charge in [0.2, 0.25) is 5.78 Å². The van der Waals surface area contributed by atoms with Gasteiger partial charge in [-0.05, 0) is 80.5 Å². The minimum absolute atomic E-state index is 0.0807. The molecule has 0 bridgehead atoms. The Morgan fingerprint density at radius 1 is 1.07 bits per heavy atom. The molecule has 4 heteroatoms. The van der Waals surface area contributed by atoms with E-state index >= 15 is 0 Å². The first-order valence-electron chi connectivity index (χ1n) is 9.75. The van der Waals surface area contributed by atoms with E-state index < -0.39 is 12.1 Å². The van der Waals surface area contributed by atoms with Crippen LogP contribution in [0.5, 0.6) is 0 Å². The van der Waals surface area contributed by atoms with Crippen LogP contribution < -0.4 is 0 Å². The highest BCUT2D eigenvalue weighted by atomic mass is 16.5. The zero-order valence-electron chi connectivity index (χ0n) is 16.5. The van der Waals surface area contributed by atoms with Gasteiger partial charge in [0, 0.05) is 16.5 Å². The van der Waals surface area contributed by atoms with Gasteiger partial charge in [-0.2, -0.15) is 0 Å². The van der Waals surface area contributed by atoms with Crippen molar-refractivity contribution in [3.05, 3.63) is 70.0 Å². The third-order valence-electron chi connectivity index (χ3n) is 5.67. The SMILES string of the molecule is Cc1cc2occ(CC(=O)O[C@@H](C)C(=O)c3ccc4c(c3)CCC4)c2cc1C. The molecule has 0 spiro atoms. The summed E-state index contributed by atoms with van der Waals surface area (Å²) < 4.78 is 11.0. The molecule has 2 aromatic carbocycles. The molecule has 1 aliphatic carbocycles. The molecule has 144 valence electrons. The van der Waals surface area contributed by atoms with Gasteiger partial charge in [0.25, 0.3) is 0 Å². The number of aryl methyl sites for hydroxylation is 4. The summed E-state index contributed by atoms with van der Waals surface area (Å²) in [5.41, 5.74) is 6.99. The highest BCUT2D eigenvalue weighted by Gasteiger charge is 2.22. The molecule has 28 heavy (non-hydrogen) atoms. The van der Waals surface area contributed by atoms with Crippen LogP contribution in [0, 0.1) is 13.8 Å². The summed E-state index contributed by atoms with van der Waals surface area (Å²) >= 11 is 0. The van der Waals surface area contributed by atoms with Gasteiger partial charge in [0.1, 0.15) is 5.58 Å². The van der Waals surface area contributed by atoms with Crippen molar-refractivity contribution in [2.75, 3.05) is 0 Å². The van der Waals surface area contributed by atoms with E-state index in [4.69, 9.17) is 9.15 Å². The number of carbonyl (C=O) groups is 2. The molecular formula is C24H24O4. The van der Waals surface area contributed by atoms with Gasteiger partial charge in [-0.25, -0.2) is 0 Å². The maximum absolute atomic E-state index is 12.7. The van der Waals surface area contributed by atoms with Crippen LogP contribution in [-0.4, -0.2) is 17.9 Å². The number of benzene rings is 2. The fourth-order valence-electron chi connectivity index (χ4n) is 3.88. The first kappa shape index (κ1) is 18.5. The number of hydrogen-bond donors (Lipinski definition) is 0. The Morgan fingerprint density at radius 2 is 1.82 bits per heavy atom. The highest BCUT2D eigenvalue weighted by Crippen LogP contribution is 2.26.